The van der Waals surface area contributed by atoms with Gasteiger partial charge in [-0.1, -0.05) is 24.2 Å². The molecule has 0 radical (unpaired) electrons. The van der Waals surface area contributed by atoms with Crippen molar-refractivity contribution in [1.29, 1.82) is 0 Å². The number of aromatic nitrogens is 2. The van der Waals surface area contributed by atoms with Crippen molar-refractivity contribution in [2.24, 2.45) is 0 Å². The SMILES string of the molecule is CCSc1ccccc1C(=O)Nc1nnc(-c2cc(C)oc2C)o1. The molecule has 0 aliphatic heterocycles. The Balaban J connectivity index is 1.80. The fourth-order valence-electron chi connectivity index (χ4n) is 2.33. The van der Waals surface area contributed by atoms with Crippen LogP contribution in [0.15, 0.2) is 44.1 Å². The minimum Gasteiger partial charge on any atom is -0.466 e. The first-order valence-electron chi connectivity index (χ1n) is 7.52. The van der Waals surface area contributed by atoms with Crippen LogP contribution >= 0.6 is 11.8 Å². The Morgan fingerprint density at radius 2 is 2.00 bits per heavy atom. The first-order valence-corrected chi connectivity index (χ1v) is 8.51. The van der Waals surface area contributed by atoms with E-state index >= 15 is 0 Å². The standard InChI is InChI=1S/C17H17N3O3S/c1-4-24-14-8-6-5-7-12(14)15(21)18-17-20-19-16(23-17)13-9-10(2)22-11(13)3/h5-9H,4H2,1-3H3,(H,18,20,21). The maximum Gasteiger partial charge on any atom is 0.322 e. The Morgan fingerprint density at radius 3 is 2.71 bits per heavy atom. The quantitative estimate of drug-likeness (QED) is 0.695. The van der Waals surface area contributed by atoms with E-state index < -0.39 is 0 Å². The molecule has 0 saturated heterocycles. The van der Waals surface area contributed by atoms with Crippen LogP contribution in [0.1, 0.15) is 28.8 Å². The molecule has 124 valence electrons. The van der Waals surface area contributed by atoms with Gasteiger partial charge in [-0.2, -0.15) is 0 Å². The predicted octanol–water partition coefficient (Wildman–Crippen LogP) is 4.31. The summed E-state index contributed by atoms with van der Waals surface area (Å²) < 4.78 is 11.0. The third kappa shape index (κ3) is 3.35. The smallest absolute Gasteiger partial charge is 0.322 e. The molecule has 0 unspecified atom stereocenters. The second-order valence-electron chi connectivity index (χ2n) is 5.12. The highest BCUT2D eigenvalue weighted by atomic mass is 32.2. The highest BCUT2D eigenvalue weighted by molar-refractivity contribution is 7.99. The fraction of sp³-hybridized carbons (Fsp3) is 0.235. The fourth-order valence-corrected chi connectivity index (χ4v) is 3.13. The van der Waals surface area contributed by atoms with Crippen LogP contribution in [0, 0.1) is 13.8 Å². The minimum absolute atomic E-state index is 0.0598. The Bertz CT molecular complexity index is 870. The Morgan fingerprint density at radius 1 is 1.21 bits per heavy atom. The molecule has 6 nitrogen and oxygen atoms in total. The van der Waals surface area contributed by atoms with E-state index in [0.29, 0.717) is 17.2 Å². The summed E-state index contributed by atoms with van der Waals surface area (Å²) in [5.74, 6) is 2.38. The zero-order valence-corrected chi connectivity index (χ0v) is 14.4. The molecule has 0 atom stereocenters. The molecule has 2 heterocycles. The van der Waals surface area contributed by atoms with Crippen LogP contribution in [-0.4, -0.2) is 21.9 Å². The van der Waals surface area contributed by atoms with Gasteiger partial charge in [0.1, 0.15) is 11.5 Å². The molecule has 2 aromatic heterocycles. The van der Waals surface area contributed by atoms with Gasteiger partial charge in [0, 0.05) is 4.90 Å². The third-order valence-electron chi connectivity index (χ3n) is 3.35. The van der Waals surface area contributed by atoms with Crippen LogP contribution in [0.25, 0.3) is 11.5 Å². The first-order chi connectivity index (χ1) is 11.6. The van der Waals surface area contributed by atoms with Crippen LogP contribution < -0.4 is 5.32 Å². The van der Waals surface area contributed by atoms with E-state index in [1.165, 1.54) is 0 Å². The topological polar surface area (TPSA) is 81.2 Å². The Hall–Kier alpha value is -2.54. The summed E-state index contributed by atoms with van der Waals surface area (Å²) in [5, 5.41) is 10.5. The summed E-state index contributed by atoms with van der Waals surface area (Å²) in [5.41, 5.74) is 1.31. The van der Waals surface area contributed by atoms with Crippen molar-refractivity contribution >= 4 is 23.7 Å². The molecule has 0 fully saturated rings. The summed E-state index contributed by atoms with van der Waals surface area (Å²) in [6, 6.07) is 9.30. The third-order valence-corrected chi connectivity index (χ3v) is 4.30. The van der Waals surface area contributed by atoms with Gasteiger partial charge in [0.05, 0.1) is 11.1 Å². The number of amides is 1. The zero-order valence-electron chi connectivity index (χ0n) is 13.6. The molecule has 0 spiro atoms. The van der Waals surface area contributed by atoms with Crippen LogP contribution in [0.2, 0.25) is 0 Å². The van der Waals surface area contributed by atoms with Crippen molar-refractivity contribution in [1.82, 2.24) is 10.2 Å². The summed E-state index contributed by atoms with van der Waals surface area (Å²) >= 11 is 1.61. The van der Waals surface area contributed by atoms with Crippen LogP contribution in [0.5, 0.6) is 0 Å². The van der Waals surface area contributed by atoms with Crippen molar-refractivity contribution < 1.29 is 13.6 Å². The van der Waals surface area contributed by atoms with Crippen molar-refractivity contribution in [3.8, 4) is 11.5 Å². The molecule has 0 bridgehead atoms. The second kappa shape index (κ2) is 6.92. The minimum atomic E-state index is -0.276. The van der Waals surface area contributed by atoms with Gasteiger partial charge >= 0.3 is 6.01 Å². The number of carbonyl (C=O) groups excluding carboxylic acids is 1. The summed E-state index contributed by atoms with van der Waals surface area (Å²) in [6.45, 7) is 5.71. The zero-order chi connectivity index (χ0) is 17.1. The molecule has 3 aromatic rings. The molecule has 1 amide bonds. The summed E-state index contributed by atoms with van der Waals surface area (Å²) in [6.07, 6.45) is 0. The van der Waals surface area contributed by atoms with Crippen LogP contribution in [0.3, 0.4) is 0 Å². The molecular weight excluding hydrogens is 326 g/mol. The van der Waals surface area contributed by atoms with Crippen molar-refractivity contribution in [3.05, 3.63) is 47.4 Å². The number of hydrogen-bond donors (Lipinski definition) is 1. The summed E-state index contributed by atoms with van der Waals surface area (Å²) in [4.78, 5) is 13.4. The van der Waals surface area contributed by atoms with Gasteiger partial charge in [0.25, 0.3) is 11.8 Å². The van der Waals surface area contributed by atoms with E-state index in [2.05, 4.69) is 15.5 Å². The Kier molecular flexibility index (Phi) is 4.71. The van der Waals surface area contributed by atoms with Gasteiger partial charge in [-0.15, -0.1) is 16.9 Å². The number of nitrogens with one attached hydrogen (secondary N) is 1. The molecule has 0 aliphatic rings. The van der Waals surface area contributed by atoms with Crippen molar-refractivity contribution in [2.45, 2.75) is 25.7 Å². The van der Waals surface area contributed by atoms with E-state index in [9.17, 15) is 4.79 Å². The van der Waals surface area contributed by atoms with Crippen molar-refractivity contribution in [3.63, 3.8) is 0 Å². The number of rotatable bonds is 5. The lowest BCUT2D eigenvalue weighted by Gasteiger charge is -2.06. The number of hydrogen-bond acceptors (Lipinski definition) is 6. The van der Waals surface area contributed by atoms with E-state index in [-0.39, 0.29) is 11.9 Å². The normalized spacial score (nSPS) is 10.8. The molecule has 1 N–H and O–H groups in total. The monoisotopic (exact) mass is 343 g/mol. The van der Waals surface area contributed by atoms with E-state index in [4.69, 9.17) is 8.83 Å². The summed E-state index contributed by atoms with van der Waals surface area (Å²) in [7, 11) is 0. The first kappa shape index (κ1) is 16.3. The molecule has 0 saturated carbocycles. The molecule has 7 heteroatoms. The van der Waals surface area contributed by atoms with Gasteiger partial charge in [0.15, 0.2) is 0 Å². The van der Waals surface area contributed by atoms with Gasteiger partial charge in [-0.25, -0.2) is 0 Å². The van der Waals surface area contributed by atoms with Gasteiger partial charge in [-0.3, -0.25) is 10.1 Å². The number of benzene rings is 1. The van der Waals surface area contributed by atoms with E-state index in [1.807, 2.05) is 45.0 Å². The van der Waals surface area contributed by atoms with Crippen LogP contribution in [-0.2, 0) is 0 Å². The average Bonchev–Trinajstić information content (AvgIpc) is 3.14. The number of carbonyl (C=O) groups is 1. The largest absolute Gasteiger partial charge is 0.466 e. The second-order valence-corrected chi connectivity index (χ2v) is 6.43. The van der Waals surface area contributed by atoms with Gasteiger partial charge in [0.2, 0.25) is 0 Å². The molecule has 3 rings (SSSR count). The number of nitrogens with zero attached hydrogens (tertiary/aromatic N) is 2. The highest BCUT2D eigenvalue weighted by Gasteiger charge is 2.17. The maximum absolute atomic E-state index is 12.5. The van der Waals surface area contributed by atoms with E-state index in [0.717, 1.165) is 22.0 Å². The maximum atomic E-state index is 12.5. The lowest BCUT2D eigenvalue weighted by atomic mass is 10.2. The van der Waals surface area contributed by atoms with Gasteiger partial charge in [-0.05, 0) is 37.8 Å². The lowest BCUT2D eigenvalue weighted by Crippen LogP contribution is -2.13. The molecular formula is C17H17N3O3S. The molecule has 1 aromatic carbocycles. The number of furan rings is 1. The number of anilines is 1. The number of aryl methyl sites for hydroxylation is 2. The van der Waals surface area contributed by atoms with Crippen LogP contribution in [0.4, 0.5) is 6.01 Å². The predicted molar refractivity (Wildman–Crippen MR) is 92.3 cm³/mol. The highest BCUT2D eigenvalue weighted by Crippen LogP contribution is 2.27. The average molecular weight is 343 g/mol. The van der Waals surface area contributed by atoms with E-state index in [1.54, 1.807) is 17.8 Å². The molecule has 24 heavy (non-hydrogen) atoms. The lowest BCUT2D eigenvalue weighted by molar-refractivity contribution is 0.102. The van der Waals surface area contributed by atoms with Gasteiger partial charge < -0.3 is 8.83 Å². The Labute approximate surface area is 143 Å². The number of thioether (sulfide) groups is 1. The van der Waals surface area contributed by atoms with Crippen molar-refractivity contribution in [2.75, 3.05) is 11.1 Å². The molecule has 0 aliphatic carbocycles.